The van der Waals surface area contributed by atoms with Crippen LogP contribution in [0.5, 0.6) is 11.8 Å². The van der Waals surface area contributed by atoms with Crippen LogP contribution in [0.15, 0.2) is 76.9 Å². The molecule has 20 heteroatoms. The molecule has 3 aromatic carbocycles. The van der Waals surface area contributed by atoms with Crippen LogP contribution in [0.3, 0.4) is 0 Å². The number of ether oxygens (including phenoxy) is 2. The van der Waals surface area contributed by atoms with Crippen LogP contribution in [0.4, 0.5) is 10.6 Å². The zero-order chi connectivity index (χ0) is 55.8. The summed E-state index contributed by atoms with van der Waals surface area (Å²) in [6.45, 7) is 13.0. The molecule has 0 spiro atoms. The van der Waals surface area contributed by atoms with Gasteiger partial charge in [-0.3, -0.25) is 19.5 Å². The van der Waals surface area contributed by atoms with Crippen LogP contribution >= 0.6 is 11.3 Å². The number of thiazole rings is 1. The number of alkyl carbamates (subject to hydrolysis) is 1. The fourth-order valence-electron chi connectivity index (χ4n) is 14.2. The Kier molecular flexibility index (Phi) is 13.9. The number of benzene rings is 3. The number of phenols is 1. The third kappa shape index (κ3) is 9.80. The lowest BCUT2D eigenvalue weighted by molar-refractivity contribution is -0.141. The molecule has 422 valence electrons. The van der Waals surface area contributed by atoms with Gasteiger partial charge in [-0.25, -0.2) is 9.78 Å². The van der Waals surface area contributed by atoms with E-state index < -0.39 is 24.2 Å². The van der Waals surface area contributed by atoms with Gasteiger partial charge in [-0.15, -0.1) is 11.3 Å². The number of phenolic OH excluding ortho intramolecular Hbond substituents is 1. The maximum atomic E-state index is 14.4. The molecule has 4 aromatic heterocycles. The smallest absolute Gasteiger partial charge is 0.407 e. The molecule has 6 aliphatic rings. The van der Waals surface area contributed by atoms with Crippen molar-refractivity contribution in [2.75, 3.05) is 44.3 Å². The Balaban J connectivity index is 0.648. The number of β-amino-alcohol motifs (C(OH)–C–C–N with tert-alkyl or cyclic N) is 1. The number of anilines is 1. The number of nitrogens with one attached hydrogen (secondary N) is 3. The summed E-state index contributed by atoms with van der Waals surface area (Å²) in [4.78, 5) is 68.9. The van der Waals surface area contributed by atoms with Gasteiger partial charge in [0.2, 0.25) is 11.8 Å². The van der Waals surface area contributed by atoms with Gasteiger partial charge in [-0.05, 0) is 104 Å². The maximum Gasteiger partial charge on any atom is 0.407 e. The molecular weight excluding hydrogens is 1050 g/mol. The maximum absolute atomic E-state index is 14.4. The SMILES string of the molecule is Cc1ncsc1-c1ccc([C@H](C)NC(=O)[C@@H]2C[C@@H](O)CN2C(=O)[C@H](c2cc(CNC(=O)OC[C@@H]3CC[C@]4(COc5nc(N6CC7CCC(C6)N7)c6cnc7c(c6n5)C(C)c5cccc6cc(O)cc-7c56)CCCN34)no2)C(C)C)cc1. The molecule has 0 radical (unpaired) electrons. The molecule has 9 atom stereocenters. The molecule has 7 aromatic rings. The lowest BCUT2D eigenvalue weighted by Gasteiger charge is -2.36. The number of likely N-dealkylation sites (tertiary alicyclic amines) is 1. The predicted octanol–water partition coefficient (Wildman–Crippen LogP) is 8.26. The summed E-state index contributed by atoms with van der Waals surface area (Å²) >= 11 is 1.58. The van der Waals surface area contributed by atoms with E-state index in [0.717, 1.165) is 124 Å². The first-order chi connectivity index (χ1) is 39.2. The number of fused-ring (bicyclic) bond motifs is 7. The number of piperazine rings is 1. The second-order valence-corrected chi connectivity index (χ2v) is 24.6. The van der Waals surface area contributed by atoms with Gasteiger partial charge >= 0.3 is 12.1 Å². The van der Waals surface area contributed by atoms with Crippen molar-refractivity contribution < 1.29 is 38.6 Å². The molecular formula is C61H69N11O8S. The molecule has 3 unspecified atom stereocenters. The number of carbonyl (C=O) groups excluding carboxylic acids is 3. The van der Waals surface area contributed by atoms with Crippen LogP contribution < -0.4 is 25.6 Å². The van der Waals surface area contributed by atoms with Crippen LogP contribution in [0.25, 0.3) is 43.4 Å². The summed E-state index contributed by atoms with van der Waals surface area (Å²) in [6, 6.07) is 19.4. The standard InChI is InChI=1S/C61H69N11O8S/c1-32(2)50(58(76)71-28-44(74)23-48(71)57(75)65-34(4)36-10-12-37(13-11-36)55-35(5)64-31-81-55)49-21-41(69-80-49)24-63-60(77)78-29-42-16-18-61(17-7-19-72(42)61)30-79-59-67-54-47(56(68-59)70-26-39-14-15-40(27-70)66-39)25-62-53-46-22-43(73)20-38-8-6-9-45(52(38)46)33(3)51(53)54/h6,8-13,20-22,25,31-34,39-40,42,44,48,50,66,73-74H,7,14-19,23-24,26-30H2,1-5H3,(H,63,77)(H,65,75)/t33?,34-,39?,40?,42-,44+,48-,50-,61-/m0/s1. The third-order valence-corrected chi connectivity index (χ3v) is 19.2. The first-order valence-electron chi connectivity index (χ1n) is 28.7. The number of aryl methyl sites for hydroxylation is 1. The van der Waals surface area contributed by atoms with Crippen molar-refractivity contribution in [2.24, 2.45) is 5.92 Å². The number of rotatable bonds is 15. The molecule has 5 aliphatic heterocycles. The highest BCUT2D eigenvalue weighted by atomic mass is 32.1. The van der Waals surface area contributed by atoms with Gasteiger partial charge < -0.3 is 50.0 Å². The van der Waals surface area contributed by atoms with Crippen molar-refractivity contribution in [3.63, 3.8) is 0 Å². The van der Waals surface area contributed by atoms with Gasteiger partial charge in [0.15, 0.2) is 0 Å². The minimum absolute atomic E-state index is 0.00929. The summed E-state index contributed by atoms with van der Waals surface area (Å²) in [5.74, 6) is -0.412. The molecule has 3 amide bonds. The third-order valence-electron chi connectivity index (χ3n) is 18.2. The number of amides is 3. The number of hydrogen-bond donors (Lipinski definition) is 5. The van der Waals surface area contributed by atoms with E-state index in [9.17, 15) is 24.6 Å². The number of aromatic nitrogens is 5. The fourth-order valence-corrected chi connectivity index (χ4v) is 15.0. The number of hydrogen-bond acceptors (Lipinski definition) is 17. The number of aromatic hydroxyl groups is 1. The zero-order valence-electron chi connectivity index (χ0n) is 46.4. The number of aliphatic hydroxyl groups excluding tert-OH is 1. The molecule has 2 bridgehead atoms. The Labute approximate surface area is 473 Å². The number of pyridine rings is 1. The van der Waals surface area contributed by atoms with Crippen molar-refractivity contribution >= 4 is 56.7 Å². The number of carbonyl (C=O) groups is 3. The Morgan fingerprint density at radius 2 is 1.80 bits per heavy atom. The highest BCUT2D eigenvalue weighted by molar-refractivity contribution is 7.13. The van der Waals surface area contributed by atoms with Gasteiger partial charge in [-0.2, -0.15) is 9.97 Å². The van der Waals surface area contributed by atoms with Gasteiger partial charge in [0, 0.05) is 73.5 Å². The van der Waals surface area contributed by atoms with Gasteiger partial charge in [0.25, 0.3) is 0 Å². The quantitative estimate of drug-likeness (QED) is 0.0650. The van der Waals surface area contributed by atoms with Crippen molar-refractivity contribution in [2.45, 2.75) is 140 Å². The van der Waals surface area contributed by atoms with E-state index in [4.69, 9.17) is 28.9 Å². The average Bonchev–Trinajstić information content (AvgIpc) is 4.52. The van der Waals surface area contributed by atoms with Crippen LogP contribution in [-0.4, -0.2) is 138 Å². The molecule has 19 nitrogen and oxygen atoms in total. The monoisotopic (exact) mass is 1120 g/mol. The molecule has 9 heterocycles. The van der Waals surface area contributed by atoms with E-state index in [-0.39, 0.29) is 73.1 Å². The molecule has 13 rings (SSSR count). The highest BCUT2D eigenvalue weighted by Gasteiger charge is 2.51. The predicted molar refractivity (Wildman–Crippen MR) is 306 cm³/mol. The lowest BCUT2D eigenvalue weighted by Crippen LogP contribution is -2.51. The van der Waals surface area contributed by atoms with Crippen LogP contribution in [0, 0.1) is 12.8 Å². The Morgan fingerprint density at radius 1 is 0.988 bits per heavy atom. The Hall–Kier alpha value is -7.26. The summed E-state index contributed by atoms with van der Waals surface area (Å²) in [6.07, 6.45) is 6.43. The van der Waals surface area contributed by atoms with Gasteiger partial charge in [-0.1, -0.05) is 68.4 Å². The highest BCUT2D eigenvalue weighted by Crippen LogP contribution is 2.49. The molecule has 81 heavy (non-hydrogen) atoms. The zero-order valence-corrected chi connectivity index (χ0v) is 47.2. The minimum Gasteiger partial charge on any atom is -0.508 e. The first-order valence-corrected chi connectivity index (χ1v) is 29.6. The van der Waals surface area contributed by atoms with Crippen molar-refractivity contribution in [1.29, 1.82) is 0 Å². The second-order valence-electron chi connectivity index (χ2n) is 23.7. The van der Waals surface area contributed by atoms with Crippen LogP contribution in [0.1, 0.15) is 124 Å². The molecule has 0 saturated carbocycles. The summed E-state index contributed by atoms with van der Waals surface area (Å²) < 4.78 is 18.5. The average molecular weight is 1120 g/mol. The lowest BCUT2D eigenvalue weighted by atomic mass is 9.79. The first kappa shape index (κ1) is 53.1. The Morgan fingerprint density at radius 3 is 2.58 bits per heavy atom. The van der Waals surface area contributed by atoms with E-state index in [1.165, 1.54) is 10.5 Å². The molecule has 1 aliphatic carbocycles. The van der Waals surface area contributed by atoms with E-state index in [2.05, 4.69) is 48.9 Å². The van der Waals surface area contributed by atoms with E-state index in [0.29, 0.717) is 36.2 Å². The molecule has 5 N–H and O–H groups in total. The largest absolute Gasteiger partial charge is 0.508 e. The Bertz CT molecular complexity index is 3560. The van der Waals surface area contributed by atoms with Crippen molar-refractivity contribution in [3.05, 3.63) is 106 Å². The topological polar surface area (TPSA) is 234 Å². The van der Waals surface area contributed by atoms with Crippen molar-refractivity contribution in [1.82, 2.24) is 50.8 Å². The summed E-state index contributed by atoms with van der Waals surface area (Å²) in [7, 11) is 0. The molecule has 5 saturated heterocycles. The van der Waals surface area contributed by atoms with E-state index in [1.54, 1.807) is 17.4 Å². The normalized spacial score (nSPS) is 24.6. The van der Waals surface area contributed by atoms with Gasteiger partial charge in [0.05, 0.1) is 56.9 Å². The van der Waals surface area contributed by atoms with Crippen LogP contribution in [-0.2, 0) is 20.9 Å². The minimum atomic E-state index is -0.877. The summed E-state index contributed by atoms with van der Waals surface area (Å²) in [5.41, 5.74) is 9.58. The van der Waals surface area contributed by atoms with E-state index in [1.807, 2.05) is 87.9 Å². The fraction of sp³-hybridized carbons (Fsp3) is 0.475. The summed E-state index contributed by atoms with van der Waals surface area (Å²) in [5, 5.41) is 38.5. The van der Waals surface area contributed by atoms with Crippen molar-refractivity contribution in [3.8, 4) is 33.5 Å². The number of aliphatic hydroxyl groups is 1. The van der Waals surface area contributed by atoms with E-state index >= 15 is 0 Å². The van der Waals surface area contributed by atoms with Crippen LogP contribution in [0.2, 0.25) is 0 Å². The van der Waals surface area contributed by atoms with Gasteiger partial charge in [0.1, 0.15) is 48.2 Å². The number of nitrogens with zero attached hydrogens (tertiary/aromatic N) is 8. The second kappa shape index (κ2) is 21.2. The molecule has 5 fully saturated rings.